The van der Waals surface area contributed by atoms with Crippen LogP contribution in [0.3, 0.4) is 0 Å². The average Bonchev–Trinajstić information content (AvgIpc) is 2.94. The highest BCUT2D eigenvalue weighted by atomic mass is 32.2. The van der Waals surface area contributed by atoms with Crippen molar-refractivity contribution < 1.29 is 14.7 Å². The largest absolute Gasteiger partial charge is 0.481 e. The van der Waals surface area contributed by atoms with Crippen molar-refractivity contribution in [1.29, 1.82) is 0 Å². The van der Waals surface area contributed by atoms with Crippen LogP contribution in [0, 0.1) is 0 Å². The van der Waals surface area contributed by atoms with E-state index in [4.69, 9.17) is 5.11 Å². The molecule has 1 aromatic carbocycles. The van der Waals surface area contributed by atoms with Crippen LogP contribution in [0.15, 0.2) is 24.3 Å². The third-order valence-corrected chi connectivity index (χ3v) is 4.91. The number of nitrogens with zero attached hydrogens (tertiary/aromatic N) is 1. The van der Waals surface area contributed by atoms with E-state index in [1.165, 1.54) is 5.56 Å². The first-order chi connectivity index (χ1) is 9.99. The van der Waals surface area contributed by atoms with Crippen LogP contribution in [0.5, 0.6) is 0 Å². The van der Waals surface area contributed by atoms with Crippen LogP contribution in [-0.2, 0) is 9.59 Å². The molecule has 1 unspecified atom stereocenters. The molecule has 5 heteroatoms. The Morgan fingerprint density at radius 3 is 2.52 bits per heavy atom. The average molecular weight is 307 g/mol. The van der Waals surface area contributed by atoms with E-state index in [0.29, 0.717) is 12.5 Å². The Labute approximate surface area is 129 Å². The summed E-state index contributed by atoms with van der Waals surface area (Å²) < 4.78 is 0. The maximum Gasteiger partial charge on any atom is 0.303 e. The van der Waals surface area contributed by atoms with Crippen molar-refractivity contribution in [2.75, 3.05) is 12.3 Å². The molecule has 0 saturated carbocycles. The van der Waals surface area contributed by atoms with Crippen molar-refractivity contribution in [3.63, 3.8) is 0 Å². The summed E-state index contributed by atoms with van der Waals surface area (Å²) in [6.07, 6.45) is -0.0184. The third-order valence-electron chi connectivity index (χ3n) is 3.65. The number of amides is 1. The number of carbonyl (C=O) groups excluding carboxylic acids is 1. The van der Waals surface area contributed by atoms with Gasteiger partial charge in [0.15, 0.2) is 0 Å². The zero-order valence-corrected chi connectivity index (χ0v) is 13.2. The van der Waals surface area contributed by atoms with E-state index in [-0.39, 0.29) is 24.1 Å². The Morgan fingerprint density at radius 1 is 1.29 bits per heavy atom. The molecule has 1 aliphatic heterocycles. The van der Waals surface area contributed by atoms with E-state index < -0.39 is 5.97 Å². The van der Waals surface area contributed by atoms with Crippen molar-refractivity contribution in [1.82, 2.24) is 4.90 Å². The van der Waals surface area contributed by atoms with E-state index >= 15 is 0 Å². The Balaban J connectivity index is 2.07. The van der Waals surface area contributed by atoms with Gasteiger partial charge in [0.1, 0.15) is 5.37 Å². The first kappa shape index (κ1) is 15.9. The van der Waals surface area contributed by atoms with E-state index in [0.717, 1.165) is 11.3 Å². The highest BCUT2D eigenvalue weighted by molar-refractivity contribution is 7.99. The van der Waals surface area contributed by atoms with Crippen LogP contribution in [-0.4, -0.2) is 34.2 Å². The van der Waals surface area contributed by atoms with Crippen molar-refractivity contribution in [3.05, 3.63) is 35.4 Å². The zero-order valence-electron chi connectivity index (χ0n) is 12.4. The highest BCUT2D eigenvalue weighted by Gasteiger charge is 2.30. The molecule has 1 aromatic rings. The number of rotatable bonds is 5. The lowest BCUT2D eigenvalue weighted by Gasteiger charge is -2.24. The van der Waals surface area contributed by atoms with E-state index in [1.807, 2.05) is 0 Å². The van der Waals surface area contributed by atoms with Crippen LogP contribution < -0.4 is 0 Å². The van der Waals surface area contributed by atoms with Crippen molar-refractivity contribution in [3.8, 4) is 0 Å². The molecule has 1 heterocycles. The number of aliphatic carboxylic acids is 1. The molecule has 0 aliphatic carbocycles. The molecular weight excluding hydrogens is 286 g/mol. The summed E-state index contributed by atoms with van der Waals surface area (Å²) in [6, 6.07) is 8.38. The lowest BCUT2D eigenvalue weighted by molar-refractivity contribution is -0.141. The maximum atomic E-state index is 12.2. The normalized spacial score (nSPS) is 18.2. The number of hydrogen-bond donors (Lipinski definition) is 1. The minimum atomic E-state index is -0.923. The number of benzene rings is 1. The molecular formula is C16H21NO3S. The molecule has 2 rings (SSSR count). The summed E-state index contributed by atoms with van der Waals surface area (Å²) in [4.78, 5) is 24.6. The van der Waals surface area contributed by atoms with Gasteiger partial charge in [0.25, 0.3) is 0 Å². The first-order valence-corrected chi connectivity index (χ1v) is 8.26. The second kappa shape index (κ2) is 6.98. The van der Waals surface area contributed by atoms with Gasteiger partial charge in [-0.3, -0.25) is 9.59 Å². The summed E-state index contributed by atoms with van der Waals surface area (Å²) in [6.45, 7) is 5.00. The van der Waals surface area contributed by atoms with Crippen LogP contribution in [0.4, 0.5) is 0 Å². The molecule has 0 bridgehead atoms. The quantitative estimate of drug-likeness (QED) is 0.907. The number of carboxylic acids is 1. The van der Waals surface area contributed by atoms with Crippen LogP contribution in [0.25, 0.3) is 0 Å². The van der Waals surface area contributed by atoms with Gasteiger partial charge in [-0.2, -0.15) is 0 Å². The van der Waals surface area contributed by atoms with E-state index in [1.54, 1.807) is 16.7 Å². The summed E-state index contributed by atoms with van der Waals surface area (Å²) in [5.74, 6) is 0.395. The zero-order chi connectivity index (χ0) is 15.4. The SMILES string of the molecule is CC(C)c1ccc(C2SCCN2C(=O)CCC(=O)O)cc1. The number of hydrogen-bond acceptors (Lipinski definition) is 3. The molecule has 1 saturated heterocycles. The lowest BCUT2D eigenvalue weighted by atomic mass is 10.0. The van der Waals surface area contributed by atoms with E-state index in [9.17, 15) is 9.59 Å². The number of carbonyl (C=O) groups is 2. The molecule has 21 heavy (non-hydrogen) atoms. The molecule has 0 radical (unpaired) electrons. The minimum Gasteiger partial charge on any atom is -0.481 e. The summed E-state index contributed by atoms with van der Waals surface area (Å²) in [5.41, 5.74) is 2.40. The van der Waals surface area contributed by atoms with Gasteiger partial charge in [-0.25, -0.2) is 0 Å². The first-order valence-electron chi connectivity index (χ1n) is 7.21. The fourth-order valence-corrected chi connectivity index (χ4v) is 3.68. The highest BCUT2D eigenvalue weighted by Crippen LogP contribution is 2.38. The lowest BCUT2D eigenvalue weighted by Crippen LogP contribution is -2.30. The maximum absolute atomic E-state index is 12.2. The summed E-state index contributed by atoms with van der Waals surface area (Å²) >= 11 is 1.74. The second-order valence-electron chi connectivity index (χ2n) is 5.53. The molecule has 0 spiro atoms. The van der Waals surface area contributed by atoms with Gasteiger partial charge in [-0.15, -0.1) is 11.8 Å². The molecule has 1 N–H and O–H groups in total. The molecule has 1 fully saturated rings. The smallest absolute Gasteiger partial charge is 0.303 e. The molecule has 4 nitrogen and oxygen atoms in total. The van der Waals surface area contributed by atoms with Gasteiger partial charge in [-0.1, -0.05) is 38.1 Å². The standard InChI is InChI=1S/C16H21NO3S/c1-11(2)12-3-5-13(6-4-12)16-17(9-10-21-16)14(18)7-8-15(19)20/h3-6,11,16H,7-10H2,1-2H3,(H,19,20). The predicted molar refractivity (Wildman–Crippen MR) is 84.3 cm³/mol. The van der Waals surface area contributed by atoms with Gasteiger partial charge >= 0.3 is 5.97 Å². The monoisotopic (exact) mass is 307 g/mol. The van der Waals surface area contributed by atoms with Gasteiger partial charge in [0, 0.05) is 18.7 Å². The van der Waals surface area contributed by atoms with Gasteiger partial charge in [-0.05, 0) is 17.0 Å². The summed E-state index contributed by atoms with van der Waals surface area (Å²) in [7, 11) is 0. The third kappa shape index (κ3) is 4.00. The van der Waals surface area contributed by atoms with Crippen LogP contribution in [0.1, 0.15) is 49.1 Å². The molecule has 1 amide bonds. The number of carboxylic acid groups (broad SMARTS) is 1. The number of thioether (sulfide) groups is 1. The predicted octanol–water partition coefficient (Wildman–Crippen LogP) is 3.25. The van der Waals surface area contributed by atoms with Crippen molar-refractivity contribution in [2.45, 2.75) is 38.0 Å². The fraction of sp³-hybridized carbons (Fsp3) is 0.500. The van der Waals surface area contributed by atoms with Crippen molar-refractivity contribution in [2.24, 2.45) is 0 Å². The molecule has 1 atom stereocenters. The molecule has 114 valence electrons. The Bertz CT molecular complexity index is 513. The Hall–Kier alpha value is -1.49. The fourth-order valence-electron chi connectivity index (χ4n) is 2.40. The Morgan fingerprint density at radius 2 is 1.95 bits per heavy atom. The molecule has 1 aliphatic rings. The minimum absolute atomic E-state index is 0.0208. The van der Waals surface area contributed by atoms with Crippen LogP contribution in [0.2, 0.25) is 0 Å². The topological polar surface area (TPSA) is 57.6 Å². The summed E-state index contributed by atoms with van der Waals surface area (Å²) in [5, 5.41) is 8.72. The Kier molecular flexibility index (Phi) is 5.28. The van der Waals surface area contributed by atoms with Gasteiger partial charge < -0.3 is 10.0 Å². The second-order valence-corrected chi connectivity index (χ2v) is 6.71. The van der Waals surface area contributed by atoms with Crippen LogP contribution >= 0.6 is 11.8 Å². The van der Waals surface area contributed by atoms with Crippen molar-refractivity contribution >= 4 is 23.6 Å². The van der Waals surface area contributed by atoms with E-state index in [2.05, 4.69) is 38.1 Å². The van der Waals surface area contributed by atoms with Gasteiger partial charge in [0.2, 0.25) is 5.91 Å². The van der Waals surface area contributed by atoms with Gasteiger partial charge in [0.05, 0.1) is 6.42 Å². The molecule has 0 aromatic heterocycles.